The monoisotopic (exact) mass is 264 g/mol. The minimum Gasteiger partial charge on any atom is -0.481 e. The largest absolute Gasteiger partial charge is 0.481 e. The van der Waals surface area contributed by atoms with Crippen LogP contribution in [0.25, 0.3) is 5.57 Å². The summed E-state index contributed by atoms with van der Waals surface area (Å²) in [6, 6.07) is 5.46. The lowest BCUT2D eigenvalue weighted by Gasteiger charge is -2.19. The quantitative estimate of drug-likeness (QED) is 0.893. The molecule has 94 valence electrons. The number of ketones is 1. The molecule has 0 radical (unpaired) electrons. The number of rotatable bonds is 2. The maximum Gasteiger partial charge on any atom is 0.307 e. The van der Waals surface area contributed by atoms with E-state index in [9.17, 15) is 9.59 Å². The van der Waals surface area contributed by atoms with E-state index in [-0.39, 0.29) is 12.2 Å². The second-order valence-corrected chi connectivity index (χ2v) is 4.95. The smallest absolute Gasteiger partial charge is 0.307 e. The fourth-order valence-corrected chi connectivity index (χ4v) is 2.23. The van der Waals surface area contributed by atoms with Gasteiger partial charge in [0, 0.05) is 11.4 Å². The molecular formula is C14H13ClO3. The second-order valence-electron chi connectivity index (χ2n) is 4.54. The van der Waals surface area contributed by atoms with E-state index < -0.39 is 11.9 Å². The van der Waals surface area contributed by atoms with Crippen LogP contribution >= 0.6 is 11.6 Å². The number of allylic oxidation sites excluding steroid dienone is 2. The number of carbonyl (C=O) groups excluding carboxylic acids is 1. The van der Waals surface area contributed by atoms with Crippen molar-refractivity contribution in [3.05, 3.63) is 40.4 Å². The van der Waals surface area contributed by atoms with Crippen LogP contribution in [-0.4, -0.2) is 16.9 Å². The van der Waals surface area contributed by atoms with Crippen molar-refractivity contribution in [1.82, 2.24) is 0 Å². The zero-order chi connectivity index (χ0) is 13.3. The van der Waals surface area contributed by atoms with Crippen molar-refractivity contribution in [2.45, 2.75) is 19.8 Å². The molecular weight excluding hydrogens is 252 g/mol. The minimum absolute atomic E-state index is 0.0887. The molecule has 0 aromatic heterocycles. The van der Waals surface area contributed by atoms with Gasteiger partial charge in [-0.1, -0.05) is 23.7 Å². The highest BCUT2D eigenvalue weighted by Crippen LogP contribution is 2.31. The molecule has 0 amide bonds. The summed E-state index contributed by atoms with van der Waals surface area (Å²) in [6.45, 7) is 1.88. The van der Waals surface area contributed by atoms with Crippen LogP contribution in [0.4, 0.5) is 0 Å². The summed E-state index contributed by atoms with van der Waals surface area (Å²) in [5, 5.41) is 9.68. The Hall–Kier alpha value is -1.61. The molecule has 18 heavy (non-hydrogen) atoms. The van der Waals surface area contributed by atoms with Crippen molar-refractivity contribution in [3.63, 3.8) is 0 Å². The first-order valence-corrected chi connectivity index (χ1v) is 6.08. The Morgan fingerprint density at radius 2 is 2.11 bits per heavy atom. The first kappa shape index (κ1) is 12.8. The number of benzene rings is 1. The molecule has 0 fully saturated rings. The summed E-state index contributed by atoms with van der Waals surface area (Å²) in [6.07, 6.45) is 2.02. The molecule has 1 N–H and O–H groups in total. The van der Waals surface area contributed by atoms with Gasteiger partial charge in [-0.25, -0.2) is 0 Å². The predicted octanol–water partition coefficient (Wildman–Crippen LogP) is 3.10. The van der Waals surface area contributed by atoms with E-state index in [2.05, 4.69) is 0 Å². The van der Waals surface area contributed by atoms with E-state index in [4.69, 9.17) is 16.7 Å². The summed E-state index contributed by atoms with van der Waals surface area (Å²) in [4.78, 5) is 22.5. The summed E-state index contributed by atoms with van der Waals surface area (Å²) in [5.74, 6) is -1.66. The zero-order valence-electron chi connectivity index (χ0n) is 9.94. The Balaban J connectivity index is 2.34. The molecule has 0 saturated carbocycles. The topological polar surface area (TPSA) is 54.4 Å². The summed E-state index contributed by atoms with van der Waals surface area (Å²) in [7, 11) is 0. The van der Waals surface area contributed by atoms with Crippen LogP contribution in [0.5, 0.6) is 0 Å². The molecule has 1 aromatic carbocycles. The molecule has 1 aliphatic carbocycles. The maximum absolute atomic E-state index is 11.5. The average molecular weight is 265 g/mol. The molecule has 2 rings (SSSR count). The van der Waals surface area contributed by atoms with Crippen LogP contribution in [0.1, 0.15) is 24.0 Å². The van der Waals surface area contributed by atoms with Crippen LogP contribution in [-0.2, 0) is 9.59 Å². The van der Waals surface area contributed by atoms with Gasteiger partial charge in [0.1, 0.15) is 0 Å². The SMILES string of the molecule is Cc1cc(C2=CC(=O)CC(C(=O)O)C2)ccc1Cl. The molecule has 0 saturated heterocycles. The lowest BCUT2D eigenvalue weighted by atomic mass is 9.85. The minimum atomic E-state index is -0.917. The Morgan fingerprint density at radius 3 is 2.72 bits per heavy atom. The fourth-order valence-electron chi connectivity index (χ4n) is 2.11. The highest BCUT2D eigenvalue weighted by molar-refractivity contribution is 6.31. The van der Waals surface area contributed by atoms with E-state index in [1.54, 1.807) is 12.1 Å². The van der Waals surface area contributed by atoms with Crippen molar-refractivity contribution in [2.75, 3.05) is 0 Å². The van der Waals surface area contributed by atoms with Crippen LogP contribution in [0.15, 0.2) is 24.3 Å². The third-order valence-corrected chi connectivity index (χ3v) is 3.55. The number of aliphatic carboxylic acids is 1. The third kappa shape index (κ3) is 2.62. The van der Waals surface area contributed by atoms with Crippen LogP contribution in [0.3, 0.4) is 0 Å². The number of hydrogen-bond acceptors (Lipinski definition) is 2. The van der Waals surface area contributed by atoms with Gasteiger partial charge >= 0.3 is 5.97 Å². The van der Waals surface area contributed by atoms with Gasteiger partial charge in [-0.3, -0.25) is 9.59 Å². The lowest BCUT2D eigenvalue weighted by Crippen LogP contribution is -2.21. The molecule has 0 bridgehead atoms. The third-order valence-electron chi connectivity index (χ3n) is 3.13. The number of carboxylic acid groups (broad SMARTS) is 1. The Kier molecular flexibility index (Phi) is 3.53. The van der Waals surface area contributed by atoms with Crippen molar-refractivity contribution in [2.24, 2.45) is 5.92 Å². The van der Waals surface area contributed by atoms with Crippen molar-refractivity contribution in [3.8, 4) is 0 Å². The van der Waals surface area contributed by atoms with Crippen molar-refractivity contribution < 1.29 is 14.7 Å². The molecule has 0 aliphatic heterocycles. The molecule has 1 aliphatic rings. The van der Waals surface area contributed by atoms with Gasteiger partial charge in [0.2, 0.25) is 0 Å². The lowest BCUT2D eigenvalue weighted by molar-refractivity contribution is -0.143. The van der Waals surface area contributed by atoms with E-state index in [1.165, 1.54) is 0 Å². The van der Waals surface area contributed by atoms with Crippen molar-refractivity contribution in [1.29, 1.82) is 0 Å². The predicted molar refractivity (Wildman–Crippen MR) is 69.5 cm³/mol. The van der Waals surface area contributed by atoms with Gasteiger partial charge in [0.25, 0.3) is 0 Å². The number of halogens is 1. The number of hydrogen-bond donors (Lipinski definition) is 1. The molecule has 4 heteroatoms. The molecule has 1 unspecified atom stereocenters. The molecule has 0 spiro atoms. The van der Waals surface area contributed by atoms with E-state index in [1.807, 2.05) is 19.1 Å². The standard InChI is InChI=1S/C14H13ClO3/c1-8-4-9(2-3-13(8)15)10-5-11(14(17)18)7-12(16)6-10/h2-4,6,11H,5,7H2,1H3,(H,17,18). The highest BCUT2D eigenvalue weighted by atomic mass is 35.5. The number of aryl methyl sites for hydroxylation is 1. The fraction of sp³-hybridized carbons (Fsp3) is 0.286. The Labute approximate surface area is 110 Å². The second kappa shape index (κ2) is 4.94. The van der Waals surface area contributed by atoms with Crippen LogP contribution in [0, 0.1) is 12.8 Å². The van der Waals surface area contributed by atoms with Gasteiger partial charge < -0.3 is 5.11 Å². The molecule has 1 atom stereocenters. The summed E-state index contributed by atoms with van der Waals surface area (Å²) >= 11 is 5.95. The molecule has 3 nitrogen and oxygen atoms in total. The maximum atomic E-state index is 11.5. The molecule has 1 aromatic rings. The zero-order valence-corrected chi connectivity index (χ0v) is 10.7. The van der Waals surface area contributed by atoms with Gasteiger partial charge in [-0.05, 0) is 42.2 Å². The van der Waals surface area contributed by atoms with Crippen LogP contribution in [0.2, 0.25) is 5.02 Å². The number of carbonyl (C=O) groups is 2. The van der Waals surface area contributed by atoms with E-state index >= 15 is 0 Å². The van der Waals surface area contributed by atoms with E-state index in [0.717, 1.165) is 16.7 Å². The Morgan fingerprint density at radius 1 is 1.39 bits per heavy atom. The first-order chi connectivity index (χ1) is 8.47. The van der Waals surface area contributed by atoms with E-state index in [0.29, 0.717) is 11.4 Å². The highest BCUT2D eigenvalue weighted by Gasteiger charge is 2.26. The first-order valence-electron chi connectivity index (χ1n) is 5.70. The normalized spacial score (nSPS) is 19.6. The summed E-state index contributed by atoms with van der Waals surface area (Å²) in [5.41, 5.74) is 2.56. The van der Waals surface area contributed by atoms with Crippen LogP contribution < -0.4 is 0 Å². The van der Waals surface area contributed by atoms with Crippen molar-refractivity contribution >= 4 is 28.9 Å². The summed E-state index contributed by atoms with van der Waals surface area (Å²) < 4.78 is 0. The van der Waals surface area contributed by atoms with Gasteiger partial charge in [-0.15, -0.1) is 0 Å². The van der Waals surface area contributed by atoms with Gasteiger partial charge in [-0.2, -0.15) is 0 Å². The average Bonchev–Trinajstić information content (AvgIpc) is 2.31. The van der Waals surface area contributed by atoms with Gasteiger partial charge in [0.05, 0.1) is 5.92 Å². The molecule has 0 heterocycles. The van der Waals surface area contributed by atoms with Gasteiger partial charge in [0.15, 0.2) is 5.78 Å². The number of carboxylic acids is 1. The Bertz CT molecular complexity index is 546.